The molecule has 2 aromatic rings. The molecule has 7 heteroatoms. The molecule has 0 aliphatic carbocycles. The van der Waals surface area contributed by atoms with E-state index in [0.29, 0.717) is 19.6 Å². The number of nitrogens with one attached hydrogen (secondary N) is 1. The van der Waals surface area contributed by atoms with Gasteiger partial charge in [-0.3, -0.25) is 14.6 Å². The van der Waals surface area contributed by atoms with Crippen LogP contribution in [0.25, 0.3) is 0 Å². The number of hydrogen-bond donors (Lipinski definition) is 1. The molecule has 0 aromatic carbocycles. The molecule has 0 saturated carbocycles. The average molecular weight is 375 g/mol. The molecule has 0 unspecified atom stereocenters. The second-order valence-corrected chi connectivity index (χ2v) is 7.49. The van der Waals surface area contributed by atoms with Gasteiger partial charge in [0.2, 0.25) is 5.91 Å². The van der Waals surface area contributed by atoms with Gasteiger partial charge < -0.3 is 18.9 Å². The van der Waals surface area contributed by atoms with Crippen molar-refractivity contribution in [2.75, 3.05) is 39.4 Å². The van der Waals surface area contributed by atoms with Crippen molar-refractivity contribution in [2.45, 2.75) is 32.5 Å². The minimum atomic E-state index is -0.105. The summed E-state index contributed by atoms with van der Waals surface area (Å²) in [6, 6.07) is 7.53. The van der Waals surface area contributed by atoms with Gasteiger partial charge in [0.1, 0.15) is 11.5 Å². The van der Waals surface area contributed by atoms with E-state index in [4.69, 9.17) is 13.6 Å². The Morgan fingerprint density at radius 2 is 1.70 bits per heavy atom. The van der Waals surface area contributed by atoms with Crippen LogP contribution in [0.15, 0.2) is 45.6 Å². The molecule has 3 rings (SSSR count). The molecule has 1 saturated heterocycles. The highest BCUT2D eigenvalue weighted by Crippen LogP contribution is 2.15. The van der Waals surface area contributed by atoms with Gasteiger partial charge in [0, 0.05) is 25.2 Å². The summed E-state index contributed by atoms with van der Waals surface area (Å²) in [7, 11) is 0. The topological polar surface area (TPSA) is 71.1 Å². The van der Waals surface area contributed by atoms with Gasteiger partial charge in [-0.05, 0) is 38.1 Å². The monoisotopic (exact) mass is 375 g/mol. The standard InChI is InChI=1S/C20H29N3O4/c1-20(2,23-7-11-25-12-8-23)16-21-19(24)15-22(13-17-5-3-9-26-17)14-18-6-4-10-27-18/h3-6,9-10H,7-8,11-16H2,1-2H3,(H,21,24). The van der Waals surface area contributed by atoms with E-state index in [9.17, 15) is 4.79 Å². The first kappa shape index (κ1) is 19.7. The second-order valence-electron chi connectivity index (χ2n) is 7.49. The van der Waals surface area contributed by atoms with Crippen molar-refractivity contribution < 1.29 is 18.4 Å². The first-order valence-electron chi connectivity index (χ1n) is 9.39. The van der Waals surface area contributed by atoms with E-state index >= 15 is 0 Å². The van der Waals surface area contributed by atoms with Crippen molar-refractivity contribution in [2.24, 2.45) is 0 Å². The number of hydrogen-bond acceptors (Lipinski definition) is 6. The first-order valence-corrected chi connectivity index (χ1v) is 9.39. The van der Waals surface area contributed by atoms with Crippen molar-refractivity contribution in [3.8, 4) is 0 Å². The fourth-order valence-electron chi connectivity index (χ4n) is 3.27. The van der Waals surface area contributed by atoms with E-state index in [2.05, 4.69) is 24.1 Å². The summed E-state index contributed by atoms with van der Waals surface area (Å²) in [6.45, 7) is 9.57. The van der Waals surface area contributed by atoms with Gasteiger partial charge in [-0.1, -0.05) is 0 Å². The van der Waals surface area contributed by atoms with E-state index in [-0.39, 0.29) is 18.0 Å². The molecule has 0 spiro atoms. The number of ether oxygens (including phenoxy) is 1. The lowest BCUT2D eigenvalue weighted by Crippen LogP contribution is -2.56. The highest BCUT2D eigenvalue weighted by Gasteiger charge is 2.28. The van der Waals surface area contributed by atoms with Crippen LogP contribution in [0, 0.1) is 0 Å². The Balaban J connectivity index is 1.53. The van der Waals surface area contributed by atoms with Crippen LogP contribution in [0.5, 0.6) is 0 Å². The highest BCUT2D eigenvalue weighted by atomic mass is 16.5. The number of carbonyl (C=O) groups excluding carboxylic acids is 1. The number of morpholine rings is 1. The van der Waals surface area contributed by atoms with E-state index in [1.165, 1.54) is 0 Å². The maximum absolute atomic E-state index is 12.6. The molecule has 7 nitrogen and oxygen atoms in total. The predicted octanol–water partition coefficient (Wildman–Crippen LogP) is 2.10. The second kappa shape index (κ2) is 9.21. The molecule has 148 valence electrons. The Bertz CT molecular complexity index is 640. The number of rotatable bonds is 9. The molecular formula is C20H29N3O4. The van der Waals surface area contributed by atoms with Gasteiger partial charge >= 0.3 is 0 Å². The van der Waals surface area contributed by atoms with Crippen molar-refractivity contribution in [1.29, 1.82) is 0 Å². The third-order valence-corrected chi connectivity index (χ3v) is 4.87. The van der Waals surface area contributed by atoms with Gasteiger partial charge in [-0.15, -0.1) is 0 Å². The van der Waals surface area contributed by atoms with Gasteiger partial charge in [0.25, 0.3) is 0 Å². The minimum Gasteiger partial charge on any atom is -0.468 e. The maximum atomic E-state index is 12.6. The van der Waals surface area contributed by atoms with E-state index in [1.54, 1.807) is 12.5 Å². The zero-order valence-electron chi connectivity index (χ0n) is 16.1. The summed E-state index contributed by atoms with van der Waals surface area (Å²) in [5, 5.41) is 3.09. The third kappa shape index (κ3) is 5.95. The molecule has 2 aromatic heterocycles. The zero-order valence-corrected chi connectivity index (χ0v) is 16.1. The lowest BCUT2D eigenvalue weighted by molar-refractivity contribution is -0.123. The van der Waals surface area contributed by atoms with E-state index in [0.717, 1.165) is 37.8 Å². The van der Waals surface area contributed by atoms with Crippen LogP contribution < -0.4 is 5.32 Å². The molecule has 1 fully saturated rings. The van der Waals surface area contributed by atoms with Gasteiger partial charge in [0.05, 0.1) is 45.4 Å². The Morgan fingerprint density at radius 1 is 1.11 bits per heavy atom. The molecule has 3 heterocycles. The average Bonchev–Trinajstić information content (AvgIpc) is 3.35. The number of nitrogens with zero attached hydrogens (tertiary/aromatic N) is 2. The molecule has 0 atom stereocenters. The Morgan fingerprint density at radius 3 is 2.22 bits per heavy atom. The number of furan rings is 2. The predicted molar refractivity (Wildman–Crippen MR) is 101 cm³/mol. The Kier molecular flexibility index (Phi) is 6.71. The fourth-order valence-corrected chi connectivity index (χ4v) is 3.27. The normalized spacial score (nSPS) is 16.0. The van der Waals surface area contributed by atoms with Crippen LogP contribution in [0.3, 0.4) is 0 Å². The fraction of sp³-hybridized carbons (Fsp3) is 0.550. The molecule has 0 radical (unpaired) electrons. The first-order chi connectivity index (χ1) is 13.0. The summed E-state index contributed by atoms with van der Waals surface area (Å²) in [5.74, 6) is 1.64. The van der Waals surface area contributed by atoms with Gasteiger partial charge in [-0.25, -0.2) is 0 Å². The number of carbonyl (C=O) groups is 1. The lowest BCUT2D eigenvalue weighted by atomic mass is 10.0. The molecule has 0 bridgehead atoms. The summed E-state index contributed by atoms with van der Waals surface area (Å²) < 4.78 is 16.3. The van der Waals surface area contributed by atoms with Crippen LogP contribution >= 0.6 is 0 Å². The van der Waals surface area contributed by atoms with Crippen LogP contribution in [0.1, 0.15) is 25.4 Å². The van der Waals surface area contributed by atoms with Crippen molar-refractivity contribution in [3.63, 3.8) is 0 Å². The van der Waals surface area contributed by atoms with Crippen molar-refractivity contribution >= 4 is 5.91 Å². The zero-order chi connectivity index (χ0) is 19.1. The van der Waals surface area contributed by atoms with E-state index < -0.39 is 0 Å². The van der Waals surface area contributed by atoms with Crippen LogP contribution in [-0.2, 0) is 22.6 Å². The summed E-state index contributed by atoms with van der Waals surface area (Å²) in [6.07, 6.45) is 3.29. The van der Waals surface area contributed by atoms with E-state index in [1.807, 2.05) is 29.2 Å². The summed E-state index contributed by atoms with van der Waals surface area (Å²) in [5.41, 5.74) is -0.105. The Labute approximate surface area is 160 Å². The summed E-state index contributed by atoms with van der Waals surface area (Å²) >= 11 is 0. The largest absolute Gasteiger partial charge is 0.468 e. The lowest BCUT2D eigenvalue weighted by Gasteiger charge is -2.41. The van der Waals surface area contributed by atoms with Crippen LogP contribution in [0.4, 0.5) is 0 Å². The minimum absolute atomic E-state index is 0.00514. The highest BCUT2D eigenvalue weighted by molar-refractivity contribution is 5.78. The van der Waals surface area contributed by atoms with Gasteiger partial charge in [0.15, 0.2) is 0 Å². The quantitative estimate of drug-likeness (QED) is 0.724. The maximum Gasteiger partial charge on any atom is 0.234 e. The third-order valence-electron chi connectivity index (χ3n) is 4.87. The molecule has 1 amide bonds. The van der Waals surface area contributed by atoms with Crippen molar-refractivity contribution in [3.05, 3.63) is 48.3 Å². The number of amides is 1. The SMILES string of the molecule is CC(C)(CNC(=O)CN(Cc1ccco1)Cc1ccco1)N1CCOCC1. The molecule has 1 N–H and O–H groups in total. The molecule has 1 aliphatic rings. The van der Waals surface area contributed by atoms with Crippen LogP contribution in [0.2, 0.25) is 0 Å². The van der Waals surface area contributed by atoms with Crippen molar-refractivity contribution in [1.82, 2.24) is 15.1 Å². The van der Waals surface area contributed by atoms with Crippen LogP contribution in [-0.4, -0.2) is 60.6 Å². The molecule has 1 aliphatic heterocycles. The molecule has 27 heavy (non-hydrogen) atoms. The molecular weight excluding hydrogens is 346 g/mol. The van der Waals surface area contributed by atoms with Gasteiger partial charge in [-0.2, -0.15) is 0 Å². The summed E-state index contributed by atoms with van der Waals surface area (Å²) in [4.78, 5) is 17.0. The Hall–Kier alpha value is -2.09. The smallest absolute Gasteiger partial charge is 0.234 e.